The molecule has 0 N–H and O–H groups in total. The zero-order chi connectivity index (χ0) is 41.4. The third-order valence-corrected chi connectivity index (χ3v) is 12.2. The minimum absolute atomic E-state index is 0. The van der Waals surface area contributed by atoms with Gasteiger partial charge in [0, 0.05) is 163 Å². The molecule has 2 saturated heterocycles. The van der Waals surface area contributed by atoms with Gasteiger partial charge in [-0.25, -0.2) is 0 Å². The van der Waals surface area contributed by atoms with Crippen molar-refractivity contribution in [2.24, 2.45) is 0 Å². The third kappa shape index (κ3) is 19.9. The Hall–Kier alpha value is 0.896. The number of Topliss-reactive ketones (excluding diaryl/α,β-unsaturated/α-hetero) is 2. The second-order valence-corrected chi connectivity index (χ2v) is 16.5. The van der Waals surface area contributed by atoms with Crippen LogP contribution in [0.1, 0.15) is 124 Å². The van der Waals surface area contributed by atoms with Crippen molar-refractivity contribution in [3.63, 3.8) is 0 Å². The zero-order valence-electron chi connectivity index (χ0n) is 38.8. The third-order valence-electron chi connectivity index (χ3n) is 12.2. The largest absolute Gasteiger partial charge is 1.00 e. The van der Waals surface area contributed by atoms with Gasteiger partial charge in [-0.3, -0.25) is 19.3 Å². The van der Waals surface area contributed by atoms with Gasteiger partial charge in [0.05, 0.1) is 19.1 Å². The summed E-state index contributed by atoms with van der Waals surface area (Å²) < 4.78 is 11.8. The van der Waals surface area contributed by atoms with Crippen LogP contribution in [0.2, 0.25) is 0 Å². The summed E-state index contributed by atoms with van der Waals surface area (Å²) in [6.45, 7) is 19.2. The number of quaternary nitrogens is 1. The topological polar surface area (TPSA) is 72.9 Å². The normalized spacial score (nSPS) is 17.9. The maximum Gasteiger partial charge on any atom is 0.308 e. The summed E-state index contributed by atoms with van der Waals surface area (Å²) in [6, 6.07) is 18.4. The molecule has 12 heteroatoms. The van der Waals surface area contributed by atoms with Gasteiger partial charge >= 0.3 is 5.97 Å². The number of ketones is 2. The van der Waals surface area contributed by atoms with Crippen LogP contribution in [0.4, 0.5) is 0 Å². The second kappa shape index (κ2) is 34.2. The number of terminal acetylenes is 1. The number of hydrogen-bond donors (Lipinski definition) is 0. The van der Waals surface area contributed by atoms with E-state index in [0.29, 0.717) is 35.9 Å². The summed E-state index contributed by atoms with van der Waals surface area (Å²) in [4.78, 5) is 40.7. The van der Waals surface area contributed by atoms with E-state index in [4.69, 9.17) is 15.9 Å². The maximum absolute atomic E-state index is 13.9. The first-order chi connectivity index (χ1) is 27.4. The number of hydrogen-bond acceptors (Lipinski definition) is 6. The van der Waals surface area contributed by atoms with Gasteiger partial charge in [0.25, 0.3) is 0 Å². The first kappa shape index (κ1) is 65.0. The molecule has 3 aromatic rings. The molecular formula is C50H69IN2O5Y4. The number of likely N-dealkylation sites (tertiary alicyclic amines) is 2. The van der Waals surface area contributed by atoms with Crippen molar-refractivity contribution in [1.82, 2.24) is 4.90 Å². The van der Waals surface area contributed by atoms with Crippen LogP contribution in [0.3, 0.4) is 0 Å². The smallest absolute Gasteiger partial charge is 0.308 e. The van der Waals surface area contributed by atoms with Crippen molar-refractivity contribution >= 4 is 17.5 Å². The summed E-state index contributed by atoms with van der Waals surface area (Å²) >= 11 is 0. The van der Waals surface area contributed by atoms with Crippen molar-refractivity contribution < 1.29 is 183 Å². The molecule has 328 valence electrons. The molecule has 3 unspecified atom stereocenters. The molecule has 0 bridgehead atoms. The summed E-state index contributed by atoms with van der Waals surface area (Å²) in [5.41, 5.74) is 8.32. The fourth-order valence-electron chi connectivity index (χ4n) is 8.98. The number of aryl methyl sites for hydroxylation is 4. The van der Waals surface area contributed by atoms with Gasteiger partial charge in [-0.05, 0) is 131 Å². The summed E-state index contributed by atoms with van der Waals surface area (Å²) in [5, 5.41) is 0. The van der Waals surface area contributed by atoms with E-state index >= 15 is 0 Å². The van der Waals surface area contributed by atoms with Crippen LogP contribution in [0.5, 0.6) is 11.5 Å². The van der Waals surface area contributed by atoms with Gasteiger partial charge in [-0.1, -0.05) is 75.4 Å². The van der Waals surface area contributed by atoms with Gasteiger partial charge in [0.1, 0.15) is 19.2 Å². The van der Waals surface area contributed by atoms with Crippen LogP contribution in [0.25, 0.3) is 0 Å². The fourth-order valence-corrected chi connectivity index (χ4v) is 8.98. The molecule has 0 spiro atoms. The van der Waals surface area contributed by atoms with Crippen LogP contribution in [-0.4, -0.2) is 71.8 Å². The van der Waals surface area contributed by atoms with E-state index in [-0.39, 0.29) is 174 Å². The number of carbonyl (C=O) groups is 3. The van der Waals surface area contributed by atoms with Gasteiger partial charge in [0.15, 0.2) is 23.1 Å². The molecule has 5 rings (SSSR count). The van der Waals surface area contributed by atoms with Crippen LogP contribution < -0.4 is 33.5 Å². The average Bonchev–Trinajstić information content (AvgIpc) is 3.19. The van der Waals surface area contributed by atoms with E-state index in [0.717, 1.165) is 86.9 Å². The minimum Gasteiger partial charge on any atom is -1.00 e. The van der Waals surface area contributed by atoms with Crippen LogP contribution in [-0.2, 0) is 165 Å². The van der Waals surface area contributed by atoms with E-state index in [1.54, 1.807) is 6.07 Å². The molecule has 0 aliphatic carbocycles. The molecule has 2 aliphatic heterocycles. The number of carbonyl (C=O) groups excluding carboxylic acids is 3. The van der Waals surface area contributed by atoms with E-state index < -0.39 is 5.97 Å². The van der Waals surface area contributed by atoms with Gasteiger partial charge < -0.3 is 37.9 Å². The predicted octanol–water partition coefficient (Wildman–Crippen LogP) is 6.79. The Morgan fingerprint density at radius 2 is 1.32 bits per heavy atom. The molecule has 0 aromatic heterocycles. The molecule has 4 radical (unpaired) electrons. The van der Waals surface area contributed by atoms with Crippen molar-refractivity contribution in [3.05, 3.63) is 93.5 Å². The Morgan fingerprint density at radius 1 is 0.758 bits per heavy atom. The number of unbranched alkanes of at least 4 members (excludes halogenated alkanes) is 2. The number of rotatable bonds is 17. The van der Waals surface area contributed by atoms with Gasteiger partial charge in [-0.15, -0.1) is 6.42 Å². The van der Waals surface area contributed by atoms with Gasteiger partial charge in [-0.2, -0.15) is 0 Å². The van der Waals surface area contributed by atoms with E-state index in [1.807, 2.05) is 12.1 Å². The predicted molar refractivity (Wildman–Crippen MR) is 232 cm³/mol. The summed E-state index contributed by atoms with van der Waals surface area (Å²) in [5.74, 6) is 3.65. The molecule has 62 heavy (non-hydrogen) atoms. The molecule has 7 nitrogen and oxygen atoms in total. The molecule has 3 atom stereocenters. The van der Waals surface area contributed by atoms with E-state index in [9.17, 15) is 14.4 Å². The Kier molecular flexibility index (Phi) is 35.9. The van der Waals surface area contributed by atoms with Crippen molar-refractivity contribution in [2.75, 3.05) is 32.8 Å². The first-order valence-corrected chi connectivity index (χ1v) is 21.6. The van der Waals surface area contributed by atoms with E-state index in [2.05, 4.69) is 88.8 Å². The van der Waals surface area contributed by atoms with Crippen LogP contribution in [0, 0.1) is 40.0 Å². The second-order valence-electron chi connectivity index (χ2n) is 16.5. The SMILES string of the molecule is C#CCOc1cc(C[N+]2(CCCC)CCCCC2C(=O)Cc2c(C)cccc2C)ccc1OC(C)=O.CCCCN1CCCCC1C(=O)Cc1c(C)cccc1C.[I-].[Y].[Y].[Y].[Y]. The number of nitrogens with zero attached hydrogens (tertiary/aromatic N) is 2. The molecule has 2 heterocycles. The first-order valence-electron chi connectivity index (χ1n) is 21.6. The molecule has 0 saturated carbocycles. The number of ether oxygens (including phenoxy) is 2. The zero-order valence-corrected chi connectivity index (χ0v) is 52.3. The average molecular weight is 1260 g/mol. The van der Waals surface area contributed by atoms with Gasteiger partial charge in [0.2, 0.25) is 0 Å². The number of esters is 1. The Labute approximate surface area is 492 Å². The molecule has 0 amide bonds. The van der Waals surface area contributed by atoms with Crippen LogP contribution >= 0.6 is 0 Å². The fraction of sp³-hybridized carbons (Fsp3) is 0.540. The minimum atomic E-state index is -0.409. The van der Waals surface area contributed by atoms with Crippen molar-refractivity contribution in [1.29, 1.82) is 0 Å². The standard InChI is InChI=1S/C31H40NO4.C19H29NO.HI.4Y/c1-6-8-17-32(22-26-15-16-30(36-25(5)33)31(20-26)35-19-7-2)18-10-9-14-28(32)29(34)21-27-23(3)12-11-13-24(27)4;1-4-5-12-20-13-7-6-11-18(20)19(21)14-17-15(2)9-8-10-16(17)3;;;;;/h2,11-13,15-16,20,28H,6,8-10,14,17-19,21-22H2,1,3-5H3;8-10,18H,4-7,11-14H2,1-3H3;1H;;;;/q+1;;;;;;/p-1. The van der Waals surface area contributed by atoms with Crippen molar-refractivity contribution in [2.45, 2.75) is 144 Å². The van der Waals surface area contributed by atoms with Crippen molar-refractivity contribution in [3.8, 4) is 23.8 Å². The number of benzene rings is 3. The summed E-state index contributed by atoms with van der Waals surface area (Å²) in [7, 11) is 0. The monoisotopic (exact) mass is 1260 g/mol. The quantitative estimate of drug-likeness (QED) is 0.0489. The Bertz CT molecular complexity index is 1830. The molecule has 3 aromatic carbocycles. The number of halogens is 1. The van der Waals surface area contributed by atoms with E-state index in [1.165, 1.54) is 60.4 Å². The number of piperidine rings is 2. The van der Waals surface area contributed by atoms with Crippen LogP contribution in [0.15, 0.2) is 54.6 Å². The molecule has 2 aliphatic rings. The Morgan fingerprint density at radius 3 is 1.87 bits per heavy atom. The molecule has 2 fully saturated rings. The Balaban J connectivity index is 0. The molecular weight excluding hydrogens is 1190 g/mol. The summed E-state index contributed by atoms with van der Waals surface area (Å²) in [6.07, 6.45) is 17.7. The maximum atomic E-state index is 13.9.